The van der Waals surface area contributed by atoms with Crippen LogP contribution in [-0.4, -0.2) is 16.8 Å². The van der Waals surface area contributed by atoms with Crippen molar-refractivity contribution in [3.05, 3.63) is 82.3 Å². The van der Waals surface area contributed by atoms with E-state index in [-0.39, 0.29) is 16.6 Å². The smallest absolute Gasteiger partial charge is 0.134 e. The molecule has 154 valence electrons. The second kappa shape index (κ2) is 7.14. The summed E-state index contributed by atoms with van der Waals surface area (Å²) in [4.78, 5) is 0. The minimum atomic E-state index is -0.375. The number of ether oxygens (including phenoxy) is 1. The van der Waals surface area contributed by atoms with Gasteiger partial charge in [-0.05, 0) is 53.5 Å². The van der Waals surface area contributed by atoms with E-state index in [4.69, 9.17) is 16.3 Å². The number of benzene rings is 2. The van der Waals surface area contributed by atoms with Crippen LogP contribution >= 0.6 is 11.6 Å². The van der Waals surface area contributed by atoms with Gasteiger partial charge in [0.2, 0.25) is 0 Å². The fraction of sp³-hybridized carbons (Fsp3) is 0.360. The van der Waals surface area contributed by atoms with Crippen molar-refractivity contribution in [1.82, 2.24) is 10.2 Å². The zero-order valence-corrected chi connectivity index (χ0v) is 17.9. The maximum absolute atomic E-state index is 14.5. The van der Waals surface area contributed by atoms with Crippen LogP contribution in [0.5, 0.6) is 0 Å². The van der Waals surface area contributed by atoms with E-state index in [1.54, 1.807) is 12.1 Å². The van der Waals surface area contributed by atoms with Gasteiger partial charge in [-0.1, -0.05) is 61.8 Å². The number of aromatic nitrogens is 2. The van der Waals surface area contributed by atoms with Crippen molar-refractivity contribution in [2.24, 2.45) is 5.41 Å². The van der Waals surface area contributed by atoms with E-state index in [9.17, 15) is 4.39 Å². The lowest BCUT2D eigenvalue weighted by Crippen LogP contribution is -2.40. The standard InChI is InChI=1S/C25H24ClFN2O/c1-24(2)18-11-12-25(24,15-30-14-16-7-4-3-5-8-16)23-17(18)13-21(28-29-23)22-19(26)9-6-10-20(22)27/h3-10,13,18H,11-12,14-15H2,1-2H3/t18-,25?/m1/s1. The van der Waals surface area contributed by atoms with Gasteiger partial charge < -0.3 is 4.74 Å². The summed E-state index contributed by atoms with van der Waals surface area (Å²) in [6, 6.07) is 16.9. The van der Waals surface area contributed by atoms with Crippen molar-refractivity contribution in [2.75, 3.05) is 6.61 Å². The van der Waals surface area contributed by atoms with E-state index >= 15 is 0 Å². The third kappa shape index (κ3) is 2.81. The van der Waals surface area contributed by atoms with Crippen molar-refractivity contribution in [2.45, 2.75) is 44.6 Å². The zero-order valence-electron chi connectivity index (χ0n) is 17.2. The number of nitrogens with zero attached hydrogens (tertiary/aromatic N) is 2. The highest BCUT2D eigenvalue weighted by molar-refractivity contribution is 6.33. The van der Waals surface area contributed by atoms with Crippen LogP contribution in [0.3, 0.4) is 0 Å². The first-order valence-corrected chi connectivity index (χ1v) is 10.8. The largest absolute Gasteiger partial charge is 0.376 e. The first kappa shape index (κ1) is 19.7. The van der Waals surface area contributed by atoms with E-state index in [1.807, 2.05) is 24.3 Å². The molecular formula is C25H24ClFN2O. The Labute approximate surface area is 181 Å². The maximum atomic E-state index is 14.5. The molecule has 1 saturated carbocycles. The van der Waals surface area contributed by atoms with Crippen LogP contribution in [0.25, 0.3) is 11.3 Å². The fourth-order valence-corrected chi connectivity index (χ4v) is 5.79. The van der Waals surface area contributed by atoms with Gasteiger partial charge in [-0.2, -0.15) is 10.2 Å². The van der Waals surface area contributed by atoms with Crippen LogP contribution in [0.15, 0.2) is 54.6 Å². The second-order valence-corrected chi connectivity index (χ2v) is 9.41. The average molecular weight is 423 g/mol. The van der Waals surface area contributed by atoms with E-state index < -0.39 is 0 Å². The van der Waals surface area contributed by atoms with Crippen LogP contribution < -0.4 is 0 Å². The molecule has 2 aliphatic rings. The predicted octanol–water partition coefficient (Wildman–Crippen LogP) is 6.31. The molecule has 1 aromatic heterocycles. The minimum absolute atomic E-state index is 0.00164. The Morgan fingerprint density at radius 3 is 2.67 bits per heavy atom. The number of hydrogen-bond acceptors (Lipinski definition) is 3. The number of hydrogen-bond donors (Lipinski definition) is 0. The highest BCUT2D eigenvalue weighted by Crippen LogP contribution is 2.67. The lowest BCUT2D eigenvalue weighted by Gasteiger charge is -2.37. The molecule has 0 aliphatic heterocycles. The molecule has 1 unspecified atom stereocenters. The third-order valence-corrected chi connectivity index (χ3v) is 7.61. The predicted molar refractivity (Wildman–Crippen MR) is 116 cm³/mol. The van der Waals surface area contributed by atoms with Gasteiger partial charge >= 0.3 is 0 Å². The summed E-state index contributed by atoms with van der Waals surface area (Å²) in [5, 5.41) is 9.40. The van der Waals surface area contributed by atoms with Crippen LogP contribution in [-0.2, 0) is 16.8 Å². The van der Waals surface area contributed by atoms with Gasteiger partial charge in [0.25, 0.3) is 0 Å². The van der Waals surface area contributed by atoms with E-state index in [0.29, 0.717) is 35.4 Å². The van der Waals surface area contributed by atoms with Crippen molar-refractivity contribution < 1.29 is 9.13 Å². The molecule has 30 heavy (non-hydrogen) atoms. The molecule has 1 heterocycles. The summed E-state index contributed by atoms with van der Waals surface area (Å²) >= 11 is 6.28. The summed E-state index contributed by atoms with van der Waals surface area (Å²) in [5.41, 5.74) is 3.98. The van der Waals surface area contributed by atoms with Gasteiger partial charge in [-0.15, -0.1) is 0 Å². The molecule has 3 nitrogen and oxygen atoms in total. The molecule has 0 N–H and O–H groups in total. The Morgan fingerprint density at radius 1 is 1.10 bits per heavy atom. The zero-order chi connectivity index (χ0) is 20.9. The molecule has 0 saturated heterocycles. The SMILES string of the molecule is CC1(C)[C@@H]2CCC1(COCc1ccccc1)c1nnc(-c3c(F)cccc3Cl)cc12. The molecule has 0 radical (unpaired) electrons. The molecule has 0 amide bonds. The monoisotopic (exact) mass is 422 g/mol. The highest BCUT2D eigenvalue weighted by atomic mass is 35.5. The van der Waals surface area contributed by atoms with Gasteiger partial charge in [-0.25, -0.2) is 4.39 Å². The summed E-state index contributed by atoms with van der Waals surface area (Å²) in [7, 11) is 0. The molecule has 0 spiro atoms. The van der Waals surface area contributed by atoms with Crippen LogP contribution in [0, 0.1) is 11.2 Å². The Balaban J connectivity index is 1.49. The van der Waals surface area contributed by atoms with Crippen LogP contribution in [0.1, 0.15) is 49.4 Å². The Kier molecular flexibility index (Phi) is 4.68. The van der Waals surface area contributed by atoms with Gasteiger partial charge in [0, 0.05) is 5.41 Å². The van der Waals surface area contributed by atoms with Gasteiger partial charge in [0.1, 0.15) is 5.82 Å². The molecule has 1 fully saturated rings. The normalized spacial score (nSPS) is 23.5. The Morgan fingerprint density at radius 2 is 1.90 bits per heavy atom. The Hall–Kier alpha value is -2.30. The quantitative estimate of drug-likeness (QED) is 0.483. The van der Waals surface area contributed by atoms with E-state index in [2.05, 4.69) is 36.2 Å². The topological polar surface area (TPSA) is 35.0 Å². The molecule has 2 atom stereocenters. The lowest BCUT2D eigenvalue weighted by atomic mass is 9.69. The molecule has 2 aromatic carbocycles. The Bertz CT molecular complexity index is 1080. The fourth-order valence-electron chi connectivity index (χ4n) is 5.53. The van der Waals surface area contributed by atoms with E-state index in [1.165, 1.54) is 11.6 Å². The van der Waals surface area contributed by atoms with Gasteiger partial charge in [-0.3, -0.25) is 0 Å². The first-order chi connectivity index (χ1) is 14.4. The van der Waals surface area contributed by atoms with Gasteiger partial charge in [0.15, 0.2) is 0 Å². The minimum Gasteiger partial charge on any atom is -0.376 e. The molecular weight excluding hydrogens is 399 g/mol. The molecule has 5 rings (SSSR count). The van der Waals surface area contributed by atoms with Crippen molar-refractivity contribution in [3.8, 4) is 11.3 Å². The molecule has 3 aromatic rings. The summed E-state index contributed by atoms with van der Waals surface area (Å²) in [5.74, 6) is -0.0206. The first-order valence-electron chi connectivity index (χ1n) is 10.4. The molecule has 2 aliphatic carbocycles. The van der Waals surface area contributed by atoms with Crippen LogP contribution in [0.2, 0.25) is 5.02 Å². The average Bonchev–Trinajstić information content (AvgIpc) is 3.09. The second-order valence-electron chi connectivity index (χ2n) is 9.00. The van der Waals surface area contributed by atoms with E-state index in [0.717, 1.165) is 24.1 Å². The van der Waals surface area contributed by atoms with Crippen LogP contribution in [0.4, 0.5) is 4.39 Å². The number of fused-ring (bicyclic) bond motifs is 5. The van der Waals surface area contributed by atoms with Crippen molar-refractivity contribution in [3.63, 3.8) is 0 Å². The summed E-state index contributed by atoms with van der Waals surface area (Å²) < 4.78 is 20.7. The van der Waals surface area contributed by atoms with Gasteiger partial charge in [0.05, 0.1) is 35.2 Å². The number of halogens is 2. The maximum Gasteiger partial charge on any atom is 0.134 e. The summed E-state index contributed by atoms with van der Waals surface area (Å²) in [6.07, 6.45) is 2.10. The third-order valence-electron chi connectivity index (χ3n) is 7.30. The van der Waals surface area contributed by atoms with Crippen molar-refractivity contribution in [1.29, 1.82) is 0 Å². The molecule has 5 heteroatoms. The van der Waals surface area contributed by atoms with Crippen molar-refractivity contribution >= 4 is 11.6 Å². The lowest BCUT2D eigenvalue weighted by molar-refractivity contribution is 0.0309. The summed E-state index contributed by atoms with van der Waals surface area (Å²) in [6.45, 7) is 5.78. The highest BCUT2D eigenvalue weighted by Gasteiger charge is 2.63. The number of rotatable bonds is 5. The molecule has 2 bridgehead atoms.